The molecular weight excluding hydrogens is 196 g/mol. The van der Waals surface area contributed by atoms with Crippen molar-refractivity contribution in [2.24, 2.45) is 7.05 Å². The van der Waals surface area contributed by atoms with Gasteiger partial charge in [-0.25, -0.2) is 0 Å². The number of aromatic nitrogens is 3. The Bertz CT molecular complexity index is 361. The third-order valence-electron chi connectivity index (χ3n) is 2.59. The fraction of sp³-hybridized carbons (Fsp3) is 0.667. The van der Waals surface area contributed by atoms with E-state index in [1.54, 1.807) is 18.9 Å². The van der Waals surface area contributed by atoms with Crippen LogP contribution in [0.5, 0.6) is 0 Å². The van der Waals surface area contributed by atoms with Crippen molar-refractivity contribution in [2.45, 2.75) is 26.4 Å². The summed E-state index contributed by atoms with van der Waals surface area (Å²) in [5.41, 5.74) is 0. The maximum Gasteiger partial charge on any atom is 0.320 e. The molecule has 0 spiro atoms. The summed E-state index contributed by atoms with van der Waals surface area (Å²) < 4.78 is 1.85. The Morgan fingerprint density at radius 1 is 1.60 bits per heavy atom. The van der Waals surface area contributed by atoms with Gasteiger partial charge in [-0.05, 0) is 20.9 Å². The molecule has 0 radical (unpaired) electrons. The van der Waals surface area contributed by atoms with E-state index in [4.69, 9.17) is 5.11 Å². The molecule has 0 aliphatic carbocycles. The van der Waals surface area contributed by atoms with Crippen molar-refractivity contribution in [2.75, 3.05) is 7.05 Å². The van der Waals surface area contributed by atoms with Crippen LogP contribution >= 0.6 is 0 Å². The molecule has 0 saturated heterocycles. The molecular formula is C9H16N4O2. The fourth-order valence-corrected chi connectivity index (χ4v) is 1.14. The van der Waals surface area contributed by atoms with Crippen LogP contribution in [0.2, 0.25) is 0 Å². The molecule has 0 aromatic carbocycles. The maximum absolute atomic E-state index is 10.7. The van der Waals surface area contributed by atoms with Gasteiger partial charge in [0.15, 0.2) is 0 Å². The molecule has 0 aliphatic heterocycles. The van der Waals surface area contributed by atoms with E-state index in [1.807, 2.05) is 18.5 Å². The van der Waals surface area contributed by atoms with E-state index in [1.165, 1.54) is 0 Å². The van der Waals surface area contributed by atoms with Crippen LogP contribution in [0.1, 0.15) is 18.6 Å². The van der Waals surface area contributed by atoms with Crippen molar-refractivity contribution in [3.05, 3.63) is 11.6 Å². The van der Waals surface area contributed by atoms with Crippen LogP contribution < -0.4 is 0 Å². The molecule has 0 fully saturated rings. The molecule has 1 unspecified atom stereocenters. The topological polar surface area (TPSA) is 71.2 Å². The molecule has 1 aromatic heterocycles. The Balaban J connectivity index is 2.70. The van der Waals surface area contributed by atoms with Crippen LogP contribution in [0.25, 0.3) is 0 Å². The molecule has 1 atom stereocenters. The third kappa shape index (κ3) is 2.53. The van der Waals surface area contributed by atoms with E-state index < -0.39 is 12.0 Å². The summed E-state index contributed by atoms with van der Waals surface area (Å²) in [4.78, 5) is 12.5. The Labute approximate surface area is 88.5 Å². The van der Waals surface area contributed by atoms with Crippen LogP contribution in [-0.4, -0.2) is 43.8 Å². The largest absolute Gasteiger partial charge is 0.480 e. The number of hydrogen-bond donors (Lipinski definition) is 1. The van der Waals surface area contributed by atoms with Crippen LogP contribution in [0.15, 0.2) is 0 Å². The smallest absolute Gasteiger partial charge is 0.320 e. The SMILES string of the molecule is Cc1nnc(CN(C)C(C)C(=O)O)n1C. The summed E-state index contributed by atoms with van der Waals surface area (Å²) >= 11 is 0. The molecule has 6 nitrogen and oxygen atoms in total. The minimum atomic E-state index is -0.837. The molecule has 84 valence electrons. The lowest BCUT2D eigenvalue weighted by Crippen LogP contribution is -2.35. The van der Waals surface area contributed by atoms with Crippen LogP contribution in [0, 0.1) is 6.92 Å². The van der Waals surface area contributed by atoms with Crippen molar-refractivity contribution in [1.29, 1.82) is 0 Å². The summed E-state index contributed by atoms with van der Waals surface area (Å²) in [6.07, 6.45) is 0. The molecule has 0 aliphatic rings. The highest BCUT2D eigenvalue weighted by molar-refractivity contribution is 5.72. The summed E-state index contributed by atoms with van der Waals surface area (Å²) in [6, 6.07) is -0.526. The van der Waals surface area contributed by atoms with Gasteiger partial charge in [-0.2, -0.15) is 0 Å². The van der Waals surface area contributed by atoms with Gasteiger partial charge in [-0.3, -0.25) is 9.69 Å². The van der Waals surface area contributed by atoms with Crippen molar-refractivity contribution >= 4 is 5.97 Å². The van der Waals surface area contributed by atoms with E-state index in [0.29, 0.717) is 6.54 Å². The second-order valence-corrected chi connectivity index (χ2v) is 3.65. The summed E-state index contributed by atoms with van der Waals surface area (Å²) in [5, 5.41) is 16.7. The quantitative estimate of drug-likeness (QED) is 0.762. The Kier molecular flexibility index (Phi) is 3.41. The molecule has 1 aromatic rings. The second-order valence-electron chi connectivity index (χ2n) is 3.65. The number of aliphatic carboxylic acids is 1. The maximum atomic E-state index is 10.7. The minimum absolute atomic E-state index is 0.477. The van der Waals surface area contributed by atoms with E-state index >= 15 is 0 Å². The first-order valence-corrected chi connectivity index (χ1v) is 4.71. The number of nitrogens with zero attached hydrogens (tertiary/aromatic N) is 4. The predicted octanol–water partition coefficient (Wildman–Crippen LogP) is 0.0284. The first-order valence-electron chi connectivity index (χ1n) is 4.71. The number of rotatable bonds is 4. The van der Waals surface area contributed by atoms with Crippen LogP contribution in [-0.2, 0) is 18.4 Å². The van der Waals surface area contributed by atoms with Crippen LogP contribution in [0.4, 0.5) is 0 Å². The summed E-state index contributed by atoms with van der Waals surface area (Å²) in [7, 11) is 3.62. The highest BCUT2D eigenvalue weighted by atomic mass is 16.4. The molecule has 15 heavy (non-hydrogen) atoms. The Hall–Kier alpha value is -1.43. The summed E-state index contributed by atoms with van der Waals surface area (Å²) in [5.74, 6) is 0.751. The molecule has 0 bridgehead atoms. The number of carbonyl (C=O) groups is 1. The fourth-order valence-electron chi connectivity index (χ4n) is 1.14. The van der Waals surface area contributed by atoms with Gasteiger partial charge in [0.25, 0.3) is 0 Å². The second kappa shape index (κ2) is 4.39. The first-order chi connectivity index (χ1) is 6.93. The van der Waals surface area contributed by atoms with Gasteiger partial charge in [0.05, 0.1) is 6.54 Å². The molecule has 0 saturated carbocycles. The van der Waals surface area contributed by atoms with Gasteiger partial charge >= 0.3 is 5.97 Å². The average molecular weight is 212 g/mol. The van der Waals surface area contributed by atoms with E-state index in [0.717, 1.165) is 11.6 Å². The number of hydrogen-bond acceptors (Lipinski definition) is 4. The zero-order valence-electron chi connectivity index (χ0n) is 9.43. The van der Waals surface area contributed by atoms with Gasteiger partial charge in [0, 0.05) is 7.05 Å². The van der Waals surface area contributed by atoms with Gasteiger partial charge < -0.3 is 9.67 Å². The molecule has 6 heteroatoms. The van der Waals surface area contributed by atoms with Crippen molar-refractivity contribution in [3.8, 4) is 0 Å². The lowest BCUT2D eigenvalue weighted by Gasteiger charge is -2.20. The molecule has 1 rings (SSSR count). The number of carboxylic acid groups (broad SMARTS) is 1. The van der Waals surface area contributed by atoms with Gasteiger partial charge in [-0.15, -0.1) is 10.2 Å². The van der Waals surface area contributed by atoms with Gasteiger partial charge in [0.1, 0.15) is 17.7 Å². The van der Waals surface area contributed by atoms with Crippen molar-refractivity contribution in [3.63, 3.8) is 0 Å². The van der Waals surface area contributed by atoms with Gasteiger partial charge in [0.2, 0.25) is 0 Å². The Morgan fingerprint density at radius 2 is 2.20 bits per heavy atom. The zero-order chi connectivity index (χ0) is 11.6. The lowest BCUT2D eigenvalue weighted by molar-refractivity contribution is -0.142. The highest BCUT2D eigenvalue weighted by Gasteiger charge is 2.18. The molecule has 1 heterocycles. The van der Waals surface area contributed by atoms with E-state index in [-0.39, 0.29) is 0 Å². The molecule has 0 amide bonds. The lowest BCUT2D eigenvalue weighted by atomic mass is 10.3. The van der Waals surface area contributed by atoms with E-state index in [9.17, 15) is 4.79 Å². The minimum Gasteiger partial charge on any atom is -0.480 e. The normalized spacial score (nSPS) is 13.1. The number of carboxylic acids is 1. The third-order valence-corrected chi connectivity index (χ3v) is 2.59. The average Bonchev–Trinajstić information content (AvgIpc) is 2.48. The first kappa shape index (κ1) is 11.6. The zero-order valence-corrected chi connectivity index (χ0v) is 9.43. The standard InChI is InChI=1S/C9H16N4O2/c1-6(9(14)15)12(3)5-8-11-10-7(2)13(8)4/h6H,5H2,1-4H3,(H,14,15). The molecule has 1 N–H and O–H groups in total. The highest BCUT2D eigenvalue weighted by Crippen LogP contribution is 2.04. The monoisotopic (exact) mass is 212 g/mol. The van der Waals surface area contributed by atoms with Crippen LogP contribution in [0.3, 0.4) is 0 Å². The number of aryl methyl sites for hydroxylation is 1. The van der Waals surface area contributed by atoms with Gasteiger partial charge in [-0.1, -0.05) is 0 Å². The summed E-state index contributed by atoms with van der Waals surface area (Å²) in [6.45, 7) is 3.98. The Morgan fingerprint density at radius 3 is 2.60 bits per heavy atom. The number of likely N-dealkylation sites (N-methyl/N-ethyl adjacent to an activating group) is 1. The van der Waals surface area contributed by atoms with E-state index in [2.05, 4.69) is 10.2 Å². The van der Waals surface area contributed by atoms with Crippen molar-refractivity contribution in [1.82, 2.24) is 19.7 Å². The predicted molar refractivity (Wildman–Crippen MR) is 54.3 cm³/mol. The van der Waals surface area contributed by atoms with Crippen molar-refractivity contribution < 1.29 is 9.90 Å².